The molecule has 190 valence electrons. The third-order valence-corrected chi connectivity index (χ3v) is 7.16. The number of aryl methyl sites for hydroxylation is 1. The monoisotopic (exact) mass is 498 g/mol. The topological polar surface area (TPSA) is 58.4 Å². The van der Waals surface area contributed by atoms with Gasteiger partial charge in [-0.3, -0.25) is 19.1 Å². The zero-order valence-electron chi connectivity index (χ0n) is 20.1. The molecule has 1 saturated heterocycles. The fourth-order valence-corrected chi connectivity index (χ4v) is 5.08. The molecule has 6 nitrogen and oxygen atoms in total. The Morgan fingerprint density at radius 3 is 2.33 bits per heavy atom. The fourth-order valence-electron chi connectivity index (χ4n) is 5.08. The Morgan fingerprint density at radius 1 is 0.889 bits per heavy atom. The number of nitrogens with zero attached hydrogens (tertiary/aromatic N) is 4. The van der Waals surface area contributed by atoms with Gasteiger partial charge in [0.25, 0.3) is 11.5 Å². The van der Waals surface area contributed by atoms with Crippen molar-refractivity contribution < 1.29 is 18.0 Å². The molecule has 2 aromatic carbocycles. The van der Waals surface area contributed by atoms with Gasteiger partial charge in [0.2, 0.25) is 0 Å². The molecule has 2 aliphatic rings. The minimum atomic E-state index is -4.34. The molecule has 9 heteroatoms. The summed E-state index contributed by atoms with van der Waals surface area (Å²) in [5.74, 6) is 0.702. The summed E-state index contributed by atoms with van der Waals surface area (Å²) in [4.78, 5) is 34.9. The molecule has 0 radical (unpaired) electrons. The molecule has 0 saturated carbocycles. The van der Waals surface area contributed by atoms with Crippen molar-refractivity contribution >= 4 is 16.8 Å². The summed E-state index contributed by atoms with van der Waals surface area (Å²) in [5.41, 5.74) is 1.21. The Morgan fingerprint density at radius 2 is 1.61 bits per heavy atom. The average molecular weight is 499 g/mol. The standard InChI is InChI=1S/C27H29F3N4O2/c28-27(29,30)21-9-6-19(7-10-21)18-32-13-15-33(16-14-32)25(35)20-8-11-22-23(17-20)31-24-5-3-1-2-4-12-34(24)26(22)36/h6-11,17H,1-5,12-16,18H2. The Balaban J connectivity index is 1.25. The highest BCUT2D eigenvalue weighted by atomic mass is 19.4. The number of halogens is 3. The molecule has 3 heterocycles. The summed E-state index contributed by atoms with van der Waals surface area (Å²) in [7, 11) is 0. The molecule has 0 atom stereocenters. The Kier molecular flexibility index (Phi) is 6.83. The molecule has 1 amide bonds. The predicted octanol–water partition coefficient (Wildman–Crippen LogP) is 4.49. The number of aromatic nitrogens is 2. The van der Waals surface area contributed by atoms with Gasteiger partial charge in [0.1, 0.15) is 5.82 Å². The summed E-state index contributed by atoms with van der Waals surface area (Å²) >= 11 is 0. The number of piperazine rings is 1. The summed E-state index contributed by atoms with van der Waals surface area (Å²) < 4.78 is 40.1. The normalized spacial score (nSPS) is 17.5. The van der Waals surface area contributed by atoms with Crippen LogP contribution in [0, 0.1) is 0 Å². The molecule has 0 aliphatic carbocycles. The second-order valence-electron chi connectivity index (χ2n) is 9.64. The molecule has 2 aliphatic heterocycles. The lowest BCUT2D eigenvalue weighted by Crippen LogP contribution is -2.48. The highest BCUT2D eigenvalue weighted by molar-refractivity contribution is 5.97. The lowest BCUT2D eigenvalue weighted by Gasteiger charge is -2.34. The van der Waals surface area contributed by atoms with Crippen molar-refractivity contribution in [2.24, 2.45) is 0 Å². The first-order chi connectivity index (χ1) is 17.3. The molecular weight excluding hydrogens is 469 g/mol. The predicted molar refractivity (Wildman–Crippen MR) is 131 cm³/mol. The number of benzene rings is 2. The van der Waals surface area contributed by atoms with E-state index in [4.69, 9.17) is 4.98 Å². The van der Waals surface area contributed by atoms with Gasteiger partial charge in [0.15, 0.2) is 0 Å². The van der Waals surface area contributed by atoms with Gasteiger partial charge in [0, 0.05) is 51.3 Å². The largest absolute Gasteiger partial charge is 0.416 e. The van der Waals surface area contributed by atoms with E-state index in [1.165, 1.54) is 12.1 Å². The van der Waals surface area contributed by atoms with Gasteiger partial charge >= 0.3 is 6.18 Å². The first-order valence-corrected chi connectivity index (χ1v) is 12.5. The lowest BCUT2D eigenvalue weighted by molar-refractivity contribution is -0.137. The van der Waals surface area contributed by atoms with Gasteiger partial charge in [-0.2, -0.15) is 13.2 Å². The highest BCUT2D eigenvalue weighted by Crippen LogP contribution is 2.29. The van der Waals surface area contributed by atoms with Crippen LogP contribution in [0.4, 0.5) is 13.2 Å². The summed E-state index contributed by atoms with van der Waals surface area (Å²) in [6.45, 7) is 3.54. The van der Waals surface area contributed by atoms with E-state index in [1.54, 1.807) is 27.7 Å². The Bertz CT molecular complexity index is 1310. The molecule has 1 fully saturated rings. The molecular formula is C27H29F3N4O2. The van der Waals surface area contributed by atoms with Crippen LogP contribution in [0.15, 0.2) is 47.3 Å². The SMILES string of the molecule is O=C(c1ccc2c(=O)n3c(nc2c1)CCCCCC3)N1CCN(Cc2ccc(C(F)(F)F)cc2)CC1. The van der Waals surface area contributed by atoms with Crippen LogP contribution in [0.3, 0.4) is 0 Å². The smallest absolute Gasteiger partial charge is 0.336 e. The average Bonchev–Trinajstić information content (AvgIpc) is 2.85. The van der Waals surface area contributed by atoms with Crippen molar-refractivity contribution in [3.05, 3.63) is 75.3 Å². The third kappa shape index (κ3) is 5.16. The molecule has 0 N–H and O–H groups in total. The zero-order valence-corrected chi connectivity index (χ0v) is 20.1. The molecule has 3 aromatic rings. The number of rotatable bonds is 3. The maximum Gasteiger partial charge on any atom is 0.416 e. The second kappa shape index (κ2) is 10.0. The van der Waals surface area contributed by atoms with Crippen LogP contribution in [0.25, 0.3) is 10.9 Å². The summed E-state index contributed by atoms with van der Waals surface area (Å²) in [5, 5.41) is 0.539. The van der Waals surface area contributed by atoms with Gasteiger partial charge in [-0.15, -0.1) is 0 Å². The number of fused-ring (bicyclic) bond motifs is 2. The van der Waals surface area contributed by atoms with E-state index in [1.807, 2.05) is 0 Å². The Labute approximate surface area is 207 Å². The van der Waals surface area contributed by atoms with E-state index in [0.717, 1.165) is 55.6 Å². The van der Waals surface area contributed by atoms with Gasteiger partial charge < -0.3 is 4.90 Å². The van der Waals surface area contributed by atoms with Crippen molar-refractivity contribution in [3.63, 3.8) is 0 Å². The van der Waals surface area contributed by atoms with Gasteiger partial charge in [-0.1, -0.05) is 25.0 Å². The minimum absolute atomic E-state index is 0.0345. The van der Waals surface area contributed by atoms with Crippen LogP contribution in [-0.4, -0.2) is 51.4 Å². The first-order valence-electron chi connectivity index (χ1n) is 12.5. The van der Waals surface area contributed by atoms with E-state index in [-0.39, 0.29) is 11.5 Å². The van der Waals surface area contributed by atoms with Crippen molar-refractivity contribution in [2.45, 2.75) is 51.4 Å². The second-order valence-corrected chi connectivity index (χ2v) is 9.64. The number of hydrogen-bond acceptors (Lipinski definition) is 4. The van der Waals surface area contributed by atoms with E-state index in [0.29, 0.717) is 55.7 Å². The van der Waals surface area contributed by atoms with Crippen LogP contribution < -0.4 is 5.56 Å². The quantitative estimate of drug-likeness (QED) is 0.534. The van der Waals surface area contributed by atoms with Gasteiger partial charge in [-0.25, -0.2) is 4.98 Å². The Hall–Kier alpha value is -3.20. The van der Waals surface area contributed by atoms with E-state index in [2.05, 4.69) is 4.90 Å². The van der Waals surface area contributed by atoms with Gasteiger partial charge in [-0.05, 0) is 48.7 Å². The van der Waals surface area contributed by atoms with Crippen molar-refractivity contribution in [3.8, 4) is 0 Å². The zero-order chi connectivity index (χ0) is 25.3. The fraction of sp³-hybridized carbons (Fsp3) is 0.444. The summed E-state index contributed by atoms with van der Waals surface area (Å²) in [6, 6.07) is 10.4. The number of alkyl halides is 3. The van der Waals surface area contributed by atoms with E-state index in [9.17, 15) is 22.8 Å². The molecule has 1 aromatic heterocycles. The third-order valence-electron chi connectivity index (χ3n) is 7.16. The van der Waals surface area contributed by atoms with Gasteiger partial charge in [0.05, 0.1) is 16.5 Å². The molecule has 5 rings (SSSR count). The molecule has 0 unspecified atom stereocenters. The highest BCUT2D eigenvalue weighted by Gasteiger charge is 2.30. The number of hydrogen-bond donors (Lipinski definition) is 0. The van der Waals surface area contributed by atoms with Crippen LogP contribution in [0.2, 0.25) is 0 Å². The van der Waals surface area contributed by atoms with E-state index < -0.39 is 11.7 Å². The molecule has 0 bridgehead atoms. The molecule has 36 heavy (non-hydrogen) atoms. The van der Waals surface area contributed by atoms with Crippen LogP contribution in [-0.2, 0) is 25.7 Å². The molecule has 0 spiro atoms. The first kappa shape index (κ1) is 24.5. The maximum absolute atomic E-state index is 13.2. The number of carbonyl (C=O) groups excluding carboxylic acids is 1. The van der Waals surface area contributed by atoms with Crippen molar-refractivity contribution in [1.82, 2.24) is 19.4 Å². The van der Waals surface area contributed by atoms with E-state index >= 15 is 0 Å². The maximum atomic E-state index is 13.2. The lowest BCUT2D eigenvalue weighted by atomic mass is 10.1. The van der Waals surface area contributed by atoms with Crippen LogP contribution >= 0.6 is 0 Å². The number of amides is 1. The minimum Gasteiger partial charge on any atom is -0.336 e. The van der Waals surface area contributed by atoms with Crippen LogP contribution in [0.5, 0.6) is 0 Å². The van der Waals surface area contributed by atoms with Crippen molar-refractivity contribution in [1.29, 1.82) is 0 Å². The van der Waals surface area contributed by atoms with Crippen molar-refractivity contribution in [2.75, 3.05) is 26.2 Å². The van der Waals surface area contributed by atoms with Crippen LogP contribution in [0.1, 0.15) is 53.0 Å². The number of carbonyl (C=O) groups is 1. The summed E-state index contributed by atoms with van der Waals surface area (Å²) in [6.07, 6.45) is 0.667.